The maximum Gasteiger partial charge on any atom is 0.157 e. The molecular formula is C22H22N4O2. The zero-order valence-corrected chi connectivity index (χ0v) is 15.7. The van der Waals surface area contributed by atoms with Gasteiger partial charge in [-0.2, -0.15) is 0 Å². The summed E-state index contributed by atoms with van der Waals surface area (Å²) in [4.78, 5) is 4.17. The van der Waals surface area contributed by atoms with Gasteiger partial charge < -0.3 is 19.5 Å². The average molecular weight is 374 g/mol. The van der Waals surface area contributed by atoms with Crippen LogP contribution in [0.15, 0.2) is 47.2 Å². The number of hydrogen-bond acceptors (Lipinski definition) is 5. The van der Waals surface area contributed by atoms with E-state index in [2.05, 4.69) is 27.3 Å². The number of aliphatic hydroxyl groups excluding tert-OH is 1. The molecule has 2 aromatic heterocycles. The first-order valence-corrected chi connectivity index (χ1v) is 9.66. The second kappa shape index (κ2) is 6.93. The molecule has 0 unspecified atom stereocenters. The number of hydrogen-bond donors (Lipinski definition) is 2. The second-order valence-electron chi connectivity index (χ2n) is 7.63. The number of aromatic nitrogens is 3. The highest BCUT2D eigenvalue weighted by molar-refractivity contribution is 5.60. The third-order valence-corrected chi connectivity index (χ3v) is 5.66. The van der Waals surface area contributed by atoms with Crippen molar-refractivity contribution < 1.29 is 9.63 Å². The van der Waals surface area contributed by atoms with E-state index in [1.165, 1.54) is 0 Å². The van der Waals surface area contributed by atoms with Crippen LogP contribution in [-0.2, 0) is 6.54 Å². The van der Waals surface area contributed by atoms with E-state index in [1.54, 1.807) is 13.1 Å². The lowest BCUT2D eigenvalue weighted by atomic mass is 10.1. The Bertz CT molecular complexity index is 1030. The highest BCUT2D eigenvalue weighted by Gasteiger charge is 2.51. The molecule has 0 spiro atoms. The number of nitrogens with zero attached hydrogens (tertiary/aromatic N) is 3. The highest BCUT2D eigenvalue weighted by atomic mass is 16.5. The Morgan fingerprint density at radius 2 is 2.07 bits per heavy atom. The van der Waals surface area contributed by atoms with Crippen molar-refractivity contribution in [1.82, 2.24) is 20.0 Å². The summed E-state index contributed by atoms with van der Waals surface area (Å²) in [6.45, 7) is 4.42. The third-order valence-electron chi connectivity index (χ3n) is 5.66. The maximum absolute atomic E-state index is 9.77. The van der Waals surface area contributed by atoms with E-state index in [0.29, 0.717) is 24.0 Å². The predicted octanol–water partition coefficient (Wildman–Crippen LogP) is 2.46. The van der Waals surface area contributed by atoms with Gasteiger partial charge in [0.1, 0.15) is 17.6 Å². The van der Waals surface area contributed by atoms with E-state index < -0.39 is 6.10 Å². The zero-order valence-electron chi connectivity index (χ0n) is 15.7. The van der Waals surface area contributed by atoms with Crippen LogP contribution in [-0.4, -0.2) is 32.9 Å². The molecule has 4 atom stereocenters. The van der Waals surface area contributed by atoms with Gasteiger partial charge in [0.2, 0.25) is 0 Å². The van der Waals surface area contributed by atoms with Gasteiger partial charge in [-0.3, -0.25) is 0 Å². The van der Waals surface area contributed by atoms with Gasteiger partial charge in [0.15, 0.2) is 5.76 Å². The molecule has 1 aliphatic carbocycles. The van der Waals surface area contributed by atoms with E-state index in [4.69, 9.17) is 4.52 Å². The molecule has 2 fully saturated rings. The van der Waals surface area contributed by atoms with Crippen LogP contribution in [0.1, 0.15) is 30.2 Å². The van der Waals surface area contributed by atoms with E-state index >= 15 is 0 Å². The van der Waals surface area contributed by atoms with Crippen LogP contribution in [0, 0.1) is 29.6 Å². The van der Waals surface area contributed by atoms with Crippen LogP contribution in [0.3, 0.4) is 0 Å². The molecule has 1 aromatic carbocycles. The molecule has 1 aliphatic heterocycles. The first-order valence-electron chi connectivity index (χ1n) is 9.66. The average Bonchev–Trinajstić information content (AvgIpc) is 3.21. The molecule has 28 heavy (non-hydrogen) atoms. The molecule has 2 N–H and O–H groups in total. The van der Waals surface area contributed by atoms with E-state index in [-0.39, 0.29) is 0 Å². The number of piperidine rings is 1. The lowest BCUT2D eigenvalue weighted by Gasteiger charge is -2.07. The quantitative estimate of drug-likeness (QED) is 0.686. The summed E-state index contributed by atoms with van der Waals surface area (Å²) < 4.78 is 7.33. The number of imidazole rings is 1. The van der Waals surface area contributed by atoms with Gasteiger partial charge in [0, 0.05) is 35.5 Å². The summed E-state index contributed by atoms with van der Waals surface area (Å²) in [6.07, 6.45) is 2.86. The zero-order chi connectivity index (χ0) is 19.1. The maximum atomic E-state index is 9.77. The van der Waals surface area contributed by atoms with E-state index in [9.17, 15) is 5.11 Å². The van der Waals surface area contributed by atoms with E-state index in [0.717, 1.165) is 41.7 Å². The van der Waals surface area contributed by atoms with Crippen molar-refractivity contribution in [1.29, 1.82) is 0 Å². The fourth-order valence-electron chi connectivity index (χ4n) is 4.04. The Labute approximate surface area is 163 Å². The predicted molar refractivity (Wildman–Crippen MR) is 104 cm³/mol. The SMILES string of the molecule is C[C@H](O)c1nccn1Cc1cc(-c2ccc(C#C[C@H]3[C@H]4CNC[C@@H]34)cc2)no1. The molecule has 2 aliphatic rings. The number of fused-ring (bicyclic) bond motifs is 1. The minimum Gasteiger partial charge on any atom is -0.385 e. The number of nitrogens with one attached hydrogen (secondary N) is 1. The molecule has 0 radical (unpaired) electrons. The van der Waals surface area contributed by atoms with E-state index in [1.807, 2.05) is 41.1 Å². The van der Waals surface area contributed by atoms with Gasteiger partial charge >= 0.3 is 0 Å². The van der Waals surface area contributed by atoms with Gasteiger partial charge in [-0.25, -0.2) is 4.98 Å². The van der Waals surface area contributed by atoms with Crippen molar-refractivity contribution >= 4 is 0 Å². The molecule has 1 saturated carbocycles. The minimum absolute atomic E-state index is 0.482. The summed E-state index contributed by atoms with van der Waals surface area (Å²) in [5.74, 6) is 10.2. The topological polar surface area (TPSA) is 76.1 Å². The Morgan fingerprint density at radius 1 is 1.29 bits per heavy atom. The number of aliphatic hydroxyl groups is 1. The Balaban J connectivity index is 1.27. The van der Waals surface area contributed by atoms with Crippen molar-refractivity contribution in [2.24, 2.45) is 17.8 Å². The number of rotatable bonds is 4. The van der Waals surface area contributed by atoms with Gasteiger partial charge in [0.05, 0.1) is 6.54 Å². The lowest BCUT2D eigenvalue weighted by molar-refractivity contribution is 0.183. The summed E-state index contributed by atoms with van der Waals surface area (Å²) in [7, 11) is 0. The molecule has 3 heterocycles. The highest BCUT2D eigenvalue weighted by Crippen LogP contribution is 2.48. The monoisotopic (exact) mass is 374 g/mol. The molecule has 6 heteroatoms. The standard InChI is InChI=1S/C22H22N4O2/c1-14(27)22-24-8-9-26(22)13-17-10-21(25-28-17)16-5-2-15(3-6-16)4-7-18-19-11-23-12-20(18)19/h2-3,5-6,8-10,14,18-20,23,27H,11-13H2,1H3/t14-,18-,19+,20-/m0/s1. The molecule has 142 valence electrons. The first kappa shape index (κ1) is 17.2. The van der Waals surface area contributed by atoms with Gasteiger partial charge in [0.25, 0.3) is 0 Å². The van der Waals surface area contributed by atoms with Gasteiger partial charge in [-0.1, -0.05) is 29.1 Å². The Hall–Kier alpha value is -2.88. The molecule has 0 bridgehead atoms. The minimum atomic E-state index is -0.627. The molecule has 0 amide bonds. The van der Waals surface area contributed by atoms with Gasteiger partial charge in [-0.15, -0.1) is 0 Å². The van der Waals surface area contributed by atoms with Crippen LogP contribution in [0.25, 0.3) is 11.3 Å². The third kappa shape index (κ3) is 3.24. The summed E-state index contributed by atoms with van der Waals surface area (Å²) in [5.41, 5.74) is 2.82. The summed E-state index contributed by atoms with van der Waals surface area (Å²) in [5, 5.41) is 17.3. The van der Waals surface area contributed by atoms with Crippen molar-refractivity contribution in [3.8, 4) is 23.1 Å². The lowest BCUT2D eigenvalue weighted by Crippen LogP contribution is -2.13. The van der Waals surface area contributed by atoms with Crippen molar-refractivity contribution in [3.63, 3.8) is 0 Å². The van der Waals surface area contributed by atoms with Crippen molar-refractivity contribution in [2.75, 3.05) is 13.1 Å². The Kier molecular flexibility index (Phi) is 4.27. The molecule has 3 aromatic rings. The van der Waals surface area contributed by atoms with Crippen LogP contribution in [0.2, 0.25) is 0 Å². The Morgan fingerprint density at radius 3 is 2.82 bits per heavy atom. The van der Waals surface area contributed by atoms with Crippen LogP contribution in [0.4, 0.5) is 0 Å². The molecule has 5 rings (SSSR count). The smallest absolute Gasteiger partial charge is 0.157 e. The number of benzene rings is 1. The van der Waals surface area contributed by atoms with Crippen LogP contribution >= 0.6 is 0 Å². The fourth-order valence-corrected chi connectivity index (χ4v) is 4.04. The van der Waals surface area contributed by atoms with Crippen LogP contribution in [0.5, 0.6) is 0 Å². The van der Waals surface area contributed by atoms with Crippen molar-refractivity contribution in [3.05, 3.63) is 59.9 Å². The van der Waals surface area contributed by atoms with Gasteiger partial charge in [-0.05, 0) is 44.0 Å². The largest absolute Gasteiger partial charge is 0.385 e. The first-order chi connectivity index (χ1) is 13.7. The molecular weight excluding hydrogens is 352 g/mol. The van der Waals surface area contributed by atoms with Crippen molar-refractivity contribution in [2.45, 2.75) is 19.6 Å². The fraction of sp³-hybridized carbons (Fsp3) is 0.364. The van der Waals surface area contributed by atoms with Crippen LogP contribution < -0.4 is 5.32 Å². The summed E-state index contributed by atoms with van der Waals surface area (Å²) in [6, 6.07) is 10.0. The second-order valence-corrected chi connectivity index (χ2v) is 7.63. The normalized spacial score (nSPS) is 23.7. The molecule has 6 nitrogen and oxygen atoms in total. The summed E-state index contributed by atoms with van der Waals surface area (Å²) >= 11 is 0. The molecule has 1 saturated heterocycles.